The smallest absolute Gasteiger partial charge is 0.240 e. The van der Waals surface area contributed by atoms with Crippen molar-refractivity contribution >= 4 is 29.1 Å². The maximum absolute atomic E-state index is 12.9. The zero-order valence-corrected chi connectivity index (χ0v) is 14.7. The number of nitrogens with zero attached hydrogens (tertiary/aromatic N) is 1. The summed E-state index contributed by atoms with van der Waals surface area (Å²) in [5.41, 5.74) is -0.401. The van der Waals surface area contributed by atoms with E-state index >= 15 is 0 Å². The minimum atomic E-state index is -0.905. The second-order valence-electron chi connectivity index (χ2n) is 6.59. The van der Waals surface area contributed by atoms with Crippen LogP contribution in [0.15, 0.2) is 18.2 Å². The van der Waals surface area contributed by atoms with Crippen molar-refractivity contribution < 1.29 is 14.3 Å². The van der Waals surface area contributed by atoms with Crippen LogP contribution in [0, 0.1) is 5.41 Å². The van der Waals surface area contributed by atoms with Gasteiger partial charge in [-0.25, -0.2) is 0 Å². The van der Waals surface area contributed by atoms with E-state index in [9.17, 15) is 9.59 Å². The van der Waals surface area contributed by atoms with Gasteiger partial charge in [0.1, 0.15) is 11.2 Å². The Morgan fingerprint density at radius 3 is 2.42 bits per heavy atom. The summed E-state index contributed by atoms with van der Waals surface area (Å²) in [5, 5.41) is 3.35. The maximum atomic E-state index is 12.9. The van der Waals surface area contributed by atoms with Gasteiger partial charge in [-0.05, 0) is 43.9 Å². The van der Waals surface area contributed by atoms with Gasteiger partial charge < -0.3 is 15.0 Å². The molecule has 1 aliphatic heterocycles. The van der Waals surface area contributed by atoms with Crippen LogP contribution in [0.1, 0.15) is 38.5 Å². The summed E-state index contributed by atoms with van der Waals surface area (Å²) in [5.74, 6) is 0.256. The number of ether oxygens (including phenoxy) is 1. The Labute approximate surface area is 147 Å². The van der Waals surface area contributed by atoms with Crippen LogP contribution in [0.5, 0.6) is 5.75 Å². The average Bonchev–Trinajstić information content (AvgIpc) is 3.39. The second kappa shape index (κ2) is 7.01. The third kappa shape index (κ3) is 3.36. The molecule has 2 fully saturated rings. The van der Waals surface area contributed by atoms with E-state index < -0.39 is 5.41 Å². The molecule has 0 bridgehead atoms. The highest BCUT2D eigenvalue weighted by Gasteiger charge is 2.58. The highest BCUT2D eigenvalue weighted by atomic mass is 35.5. The number of rotatable bonds is 4. The van der Waals surface area contributed by atoms with Crippen LogP contribution in [0.25, 0.3) is 0 Å². The highest BCUT2D eigenvalue weighted by Crippen LogP contribution is 2.49. The summed E-state index contributed by atoms with van der Waals surface area (Å²) in [6.45, 7) is 1.52. The average molecular weight is 351 g/mol. The highest BCUT2D eigenvalue weighted by molar-refractivity contribution is 6.31. The molecule has 0 unspecified atom stereocenters. The lowest BCUT2D eigenvalue weighted by Crippen LogP contribution is -2.43. The Hall–Kier alpha value is -1.75. The summed E-state index contributed by atoms with van der Waals surface area (Å²) in [6, 6.07) is 5.05. The molecule has 0 spiro atoms. The van der Waals surface area contributed by atoms with Gasteiger partial charge in [0.15, 0.2) is 0 Å². The Morgan fingerprint density at radius 2 is 1.83 bits per heavy atom. The second-order valence-corrected chi connectivity index (χ2v) is 7.02. The van der Waals surface area contributed by atoms with Crippen LogP contribution in [0.4, 0.5) is 5.69 Å². The van der Waals surface area contributed by atoms with Crippen molar-refractivity contribution in [3.05, 3.63) is 23.2 Å². The maximum Gasteiger partial charge on any atom is 0.240 e. The first kappa shape index (κ1) is 17.1. The molecule has 24 heavy (non-hydrogen) atoms. The van der Waals surface area contributed by atoms with Gasteiger partial charge in [-0.15, -0.1) is 0 Å². The fourth-order valence-electron chi connectivity index (χ4n) is 3.26. The molecule has 1 aromatic rings. The lowest BCUT2D eigenvalue weighted by atomic mass is 10.0. The first-order valence-electron chi connectivity index (χ1n) is 8.51. The van der Waals surface area contributed by atoms with Gasteiger partial charge in [0.2, 0.25) is 11.8 Å². The first-order chi connectivity index (χ1) is 11.6. The van der Waals surface area contributed by atoms with Crippen molar-refractivity contribution in [2.45, 2.75) is 38.5 Å². The zero-order valence-electron chi connectivity index (χ0n) is 13.9. The van der Waals surface area contributed by atoms with E-state index in [1.807, 2.05) is 4.90 Å². The van der Waals surface area contributed by atoms with Gasteiger partial charge in [-0.1, -0.05) is 24.4 Å². The summed E-state index contributed by atoms with van der Waals surface area (Å²) in [4.78, 5) is 27.6. The minimum absolute atomic E-state index is 0.0251. The number of halogens is 1. The SMILES string of the molecule is COc1ccc(Cl)cc1NC(=O)C1(C(=O)N2CCCCCC2)CC1. The van der Waals surface area contributed by atoms with Gasteiger partial charge in [0, 0.05) is 18.1 Å². The molecule has 1 heterocycles. The van der Waals surface area contributed by atoms with Gasteiger partial charge in [-0.2, -0.15) is 0 Å². The molecule has 2 amide bonds. The summed E-state index contributed by atoms with van der Waals surface area (Å²) in [7, 11) is 1.54. The van der Waals surface area contributed by atoms with E-state index in [0.717, 1.165) is 38.8 Å². The van der Waals surface area contributed by atoms with Crippen LogP contribution in [-0.4, -0.2) is 36.9 Å². The first-order valence-corrected chi connectivity index (χ1v) is 8.89. The van der Waals surface area contributed by atoms with Crippen molar-refractivity contribution in [2.24, 2.45) is 5.41 Å². The van der Waals surface area contributed by atoms with Gasteiger partial charge in [0.05, 0.1) is 12.8 Å². The molecule has 1 saturated carbocycles. The van der Waals surface area contributed by atoms with E-state index in [-0.39, 0.29) is 11.8 Å². The number of carbonyl (C=O) groups excluding carboxylic acids is 2. The van der Waals surface area contributed by atoms with Crippen LogP contribution < -0.4 is 10.1 Å². The predicted molar refractivity (Wildman–Crippen MR) is 93.3 cm³/mol. The molecule has 1 saturated heterocycles. The van der Waals surface area contributed by atoms with E-state index in [2.05, 4.69) is 5.32 Å². The largest absolute Gasteiger partial charge is 0.495 e. The van der Waals surface area contributed by atoms with Gasteiger partial charge >= 0.3 is 0 Å². The molecule has 3 rings (SSSR count). The Bertz CT molecular complexity index is 635. The van der Waals surface area contributed by atoms with Gasteiger partial charge in [-0.3, -0.25) is 9.59 Å². The Balaban J connectivity index is 1.74. The Kier molecular flexibility index (Phi) is 4.99. The standard InChI is InChI=1S/C18H23ClN2O3/c1-24-15-7-6-13(19)12-14(15)20-16(22)18(8-9-18)17(23)21-10-4-2-3-5-11-21/h6-7,12H,2-5,8-11H2,1H3,(H,20,22). The quantitative estimate of drug-likeness (QED) is 0.846. The molecule has 1 aliphatic carbocycles. The van der Waals surface area contributed by atoms with Crippen LogP contribution >= 0.6 is 11.6 Å². The van der Waals surface area contributed by atoms with Gasteiger partial charge in [0.25, 0.3) is 0 Å². The fraction of sp³-hybridized carbons (Fsp3) is 0.556. The Morgan fingerprint density at radius 1 is 1.17 bits per heavy atom. The molecule has 0 aromatic heterocycles. The lowest BCUT2D eigenvalue weighted by molar-refractivity contribution is -0.142. The lowest BCUT2D eigenvalue weighted by Gasteiger charge is -2.25. The van der Waals surface area contributed by atoms with Crippen molar-refractivity contribution in [1.82, 2.24) is 4.90 Å². The van der Waals surface area contributed by atoms with E-state index in [1.165, 1.54) is 7.11 Å². The van der Waals surface area contributed by atoms with Crippen molar-refractivity contribution in [1.29, 1.82) is 0 Å². The third-order valence-electron chi connectivity index (χ3n) is 4.90. The summed E-state index contributed by atoms with van der Waals surface area (Å²) < 4.78 is 5.26. The normalized spacial score (nSPS) is 19.3. The number of hydrogen-bond donors (Lipinski definition) is 1. The molecule has 2 aliphatic rings. The number of methoxy groups -OCH3 is 1. The number of benzene rings is 1. The van der Waals surface area contributed by atoms with E-state index in [1.54, 1.807) is 18.2 Å². The predicted octanol–water partition coefficient (Wildman–Crippen LogP) is 3.47. The zero-order chi connectivity index (χ0) is 17.2. The monoisotopic (exact) mass is 350 g/mol. The summed E-state index contributed by atoms with van der Waals surface area (Å²) in [6.07, 6.45) is 5.57. The van der Waals surface area contributed by atoms with Crippen LogP contribution in [-0.2, 0) is 9.59 Å². The molecule has 6 heteroatoms. The number of amides is 2. The number of hydrogen-bond acceptors (Lipinski definition) is 3. The minimum Gasteiger partial charge on any atom is -0.495 e. The number of anilines is 1. The van der Waals surface area contributed by atoms with Crippen LogP contribution in [0.2, 0.25) is 5.02 Å². The van der Waals surface area contributed by atoms with E-state index in [0.29, 0.717) is 29.3 Å². The number of likely N-dealkylation sites (tertiary alicyclic amines) is 1. The molecule has 5 nitrogen and oxygen atoms in total. The molecule has 0 atom stereocenters. The van der Waals surface area contributed by atoms with Crippen LogP contribution in [0.3, 0.4) is 0 Å². The topological polar surface area (TPSA) is 58.6 Å². The number of carbonyl (C=O) groups is 2. The number of nitrogens with one attached hydrogen (secondary N) is 1. The molecule has 130 valence electrons. The van der Waals surface area contributed by atoms with Crippen molar-refractivity contribution in [3.8, 4) is 5.75 Å². The molecular formula is C18H23ClN2O3. The van der Waals surface area contributed by atoms with Crippen molar-refractivity contribution in [3.63, 3.8) is 0 Å². The molecule has 0 radical (unpaired) electrons. The summed E-state index contributed by atoms with van der Waals surface area (Å²) >= 11 is 6.01. The van der Waals surface area contributed by atoms with Crippen molar-refractivity contribution in [2.75, 3.05) is 25.5 Å². The molecule has 1 N–H and O–H groups in total. The van der Waals surface area contributed by atoms with E-state index in [4.69, 9.17) is 16.3 Å². The molecular weight excluding hydrogens is 328 g/mol. The fourth-order valence-corrected chi connectivity index (χ4v) is 3.43. The molecule has 1 aromatic carbocycles. The third-order valence-corrected chi connectivity index (χ3v) is 5.13.